The maximum absolute atomic E-state index is 11.6. The van der Waals surface area contributed by atoms with E-state index in [1.807, 2.05) is 0 Å². The number of methoxy groups -OCH3 is 1. The van der Waals surface area contributed by atoms with Crippen molar-refractivity contribution in [2.75, 3.05) is 32.6 Å². The number of nitrogens with two attached hydrogens (primary N) is 1. The topological polar surface area (TPSA) is 103 Å². The standard InChI is InChI=1S/C12H17N3O4/c1-18-6-7-19-15-11(16)8-14-12(17)9-2-4-10(13)5-3-9/h2-5H,6-8,13H2,1H3,(H,14,17)(H,15,16). The Morgan fingerprint density at radius 2 is 1.89 bits per heavy atom. The van der Waals surface area contributed by atoms with Gasteiger partial charge in [0.25, 0.3) is 11.8 Å². The molecule has 0 heterocycles. The average Bonchev–Trinajstić information content (AvgIpc) is 2.42. The van der Waals surface area contributed by atoms with Crippen LogP contribution in [0, 0.1) is 0 Å². The minimum atomic E-state index is -0.445. The molecule has 0 aliphatic rings. The lowest BCUT2D eigenvalue weighted by molar-refractivity contribution is -0.133. The molecule has 19 heavy (non-hydrogen) atoms. The van der Waals surface area contributed by atoms with Gasteiger partial charge in [-0.25, -0.2) is 5.48 Å². The highest BCUT2D eigenvalue weighted by atomic mass is 16.7. The smallest absolute Gasteiger partial charge is 0.262 e. The SMILES string of the molecule is COCCONC(=O)CNC(=O)c1ccc(N)cc1. The maximum Gasteiger partial charge on any atom is 0.262 e. The van der Waals surface area contributed by atoms with E-state index in [0.29, 0.717) is 17.9 Å². The van der Waals surface area contributed by atoms with E-state index >= 15 is 0 Å². The van der Waals surface area contributed by atoms with Crippen LogP contribution in [0.1, 0.15) is 10.4 Å². The zero-order chi connectivity index (χ0) is 14.1. The molecule has 4 N–H and O–H groups in total. The van der Waals surface area contributed by atoms with Gasteiger partial charge in [-0.05, 0) is 24.3 Å². The molecule has 0 radical (unpaired) electrons. The van der Waals surface area contributed by atoms with Crippen LogP contribution in [-0.4, -0.2) is 38.7 Å². The molecule has 0 spiro atoms. The van der Waals surface area contributed by atoms with Crippen molar-refractivity contribution in [3.8, 4) is 0 Å². The summed E-state index contributed by atoms with van der Waals surface area (Å²) >= 11 is 0. The third-order valence-corrected chi connectivity index (χ3v) is 2.16. The lowest BCUT2D eigenvalue weighted by Gasteiger charge is -2.07. The maximum atomic E-state index is 11.6. The second-order valence-electron chi connectivity index (χ2n) is 3.67. The Bertz CT molecular complexity index is 419. The number of hydrogen-bond acceptors (Lipinski definition) is 5. The molecule has 2 amide bonds. The van der Waals surface area contributed by atoms with Crippen LogP contribution in [0.5, 0.6) is 0 Å². The van der Waals surface area contributed by atoms with Gasteiger partial charge >= 0.3 is 0 Å². The molecule has 0 atom stereocenters. The molecule has 0 aliphatic heterocycles. The molecule has 0 saturated carbocycles. The molecule has 0 fully saturated rings. The lowest BCUT2D eigenvalue weighted by Crippen LogP contribution is -2.37. The van der Waals surface area contributed by atoms with Gasteiger partial charge in [-0.3, -0.25) is 14.4 Å². The first-order valence-electron chi connectivity index (χ1n) is 5.67. The Hall–Kier alpha value is -2.12. The molecule has 1 aromatic carbocycles. The van der Waals surface area contributed by atoms with Gasteiger partial charge in [-0.2, -0.15) is 0 Å². The van der Waals surface area contributed by atoms with E-state index in [1.165, 1.54) is 7.11 Å². The summed E-state index contributed by atoms with van der Waals surface area (Å²) in [6.45, 7) is 0.447. The van der Waals surface area contributed by atoms with Crippen molar-refractivity contribution in [2.45, 2.75) is 0 Å². The van der Waals surface area contributed by atoms with E-state index < -0.39 is 5.91 Å². The third kappa shape index (κ3) is 5.84. The minimum Gasteiger partial charge on any atom is -0.399 e. The number of anilines is 1. The predicted octanol–water partition coefficient (Wildman–Crippen LogP) is -0.307. The summed E-state index contributed by atoms with van der Waals surface area (Å²) in [5, 5.41) is 2.46. The Kier molecular flexibility index (Phi) is 6.34. The van der Waals surface area contributed by atoms with Gasteiger partial charge in [-0.1, -0.05) is 0 Å². The quantitative estimate of drug-likeness (QED) is 0.357. The van der Waals surface area contributed by atoms with Gasteiger partial charge < -0.3 is 15.8 Å². The number of amides is 2. The van der Waals surface area contributed by atoms with Gasteiger partial charge in [-0.15, -0.1) is 0 Å². The molecule has 0 unspecified atom stereocenters. The van der Waals surface area contributed by atoms with Crippen molar-refractivity contribution in [3.05, 3.63) is 29.8 Å². The van der Waals surface area contributed by atoms with E-state index in [9.17, 15) is 9.59 Å². The normalized spacial score (nSPS) is 9.95. The van der Waals surface area contributed by atoms with Gasteiger partial charge in [0, 0.05) is 18.4 Å². The van der Waals surface area contributed by atoms with E-state index in [0.717, 1.165) is 0 Å². The predicted molar refractivity (Wildman–Crippen MR) is 69.2 cm³/mol. The van der Waals surface area contributed by atoms with Crippen LogP contribution >= 0.6 is 0 Å². The fourth-order valence-electron chi connectivity index (χ4n) is 1.19. The van der Waals surface area contributed by atoms with Crippen LogP contribution < -0.4 is 16.5 Å². The number of carbonyl (C=O) groups excluding carboxylic acids is 2. The van der Waals surface area contributed by atoms with Gasteiger partial charge in [0.1, 0.15) is 0 Å². The Morgan fingerprint density at radius 3 is 2.53 bits per heavy atom. The van der Waals surface area contributed by atoms with Crippen molar-refractivity contribution >= 4 is 17.5 Å². The second-order valence-corrected chi connectivity index (χ2v) is 3.67. The number of nitrogen functional groups attached to an aromatic ring is 1. The highest BCUT2D eigenvalue weighted by Gasteiger charge is 2.07. The van der Waals surface area contributed by atoms with E-state index in [2.05, 4.69) is 10.8 Å². The minimum absolute atomic E-state index is 0.170. The highest BCUT2D eigenvalue weighted by Crippen LogP contribution is 2.04. The molecular weight excluding hydrogens is 250 g/mol. The van der Waals surface area contributed by atoms with Gasteiger partial charge in [0.2, 0.25) is 0 Å². The van der Waals surface area contributed by atoms with Crippen LogP contribution in [0.15, 0.2) is 24.3 Å². The Labute approximate surface area is 111 Å². The molecule has 0 bridgehead atoms. The zero-order valence-electron chi connectivity index (χ0n) is 10.6. The van der Waals surface area contributed by atoms with Crippen LogP contribution in [0.3, 0.4) is 0 Å². The first kappa shape index (κ1) is 14.9. The fraction of sp³-hybridized carbons (Fsp3) is 0.333. The summed E-state index contributed by atoms with van der Waals surface area (Å²) in [7, 11) is 1.53. The summed E-state index contributed by atoms with van der Waals surface area (Å²) in [4.78, 5) is 27.7. The van der Waals surface area contributed by atoms with Gasteiger partial charge in [0.15, 0.2) is 0 Å². The number of nitrogens with one attached hydrogen (secondary N) is 2. The Balaban J connectivity index is 2.26. The zero-order valence-corrected chi connectivity index (χ0v) is 10.6. The first-order chi connectivity index (χ1) is 9.13. The Morgan fingerprint density at radius 1 is 1.21 bits per heavy atom. The lowest BCUT2D eigenvalue weighted by atomic mass is 10.2. The number of rotatable bonds is 7. The van der Waals surface area contributed by atoms with Crippen LogP contribution in [0.4, 0.5) is 5.69 Å². The second kappa shape index (κ2) is 8.06. The van der Waals surface area contributed by atoms with Crippen molar-refractivity contribution in [1.29, 1.82) is 0 Å². The monoisotopic (exact) mass is 267 g/mol. The summed E-state index contributed by atoms with van der Waals surface area (Å²) in [6, 6.07) is 6.39. The van der Waals surface area contributed by atoms with Crippen molar-refractivity contribution < 1.29 is 19.2 Å². The highest BCUT2D eigenvalue weighted by molar-refractivity contribution is 5.96. The summed E-state index contributed by atoms with van der Waals surface area (Å²) < 4.78 is 4.73. The number of hydroxylamine groups is 1. The van der Waals surface area contributed by atoms with Crippen LogP contribution in [0.2, 0.25) is 0 Å². The van der Waals surface area contributed by atoms with E-state index in [1.54, 1.807) is 24.3 Å². The number of carbonyl (C=O) groups is 2. The largest absolute Gasteiger partial charge is 0.399 e. The van der Waals surface area contributed by atoms with Crippen molar-refractivity contribution in [1.82, 2.24) is 10.8 Å². The summed E-state index contributed by atoms with van der Waals surface area (Å²) in [5.41, 5.74) is 8.69. The fourth-order valence-corrected chi connectivity index (χ4v) is 1.19. The molecule has 0 aromatic heterocycles. The number of benzene rings is 1. The molecule has 7 nitrogen and oxygen atoms in total. The molecule has 0 saturated heterocycles. The van der Waals surface area contributed by atoms with Gasteiger partial charge in [0.05, 0.1) is 19.8 Å². The molecule has 0 aliphatic carbocycles. The summed E-state index contributed by atoms with van der Waals surface area (Å²) in [5.74, 6) is -0.799. The number of hydrogen-bond donors (Lipinski definition) is 3. The van der Waals surface area contributed by atoms with E-state index in [-0.39, 0.29) is 19.1 Å². The molecular formula is C12H17N3O4. The van der Waals surface area contributed by atoms with Crippen LogP contribution in [-0.2, 0) is 14.4 Å². The van der Waals surface area contributed by atoms with Crippen molar-refractivity contribution in [2.24, 2.45) is 0 Å². The molecule has 1 rings (SSSR count). The van der Waals surface area contributed by atoms with E-state index in [4.69, 9.17) is 15.3 Å². The number of ether oxygens (including phenoxy) is 1. The van der Waals surface area contributed by atoms with Crippen molar-refractivity contribution in [3.63, 3.8) is 0 Å². The molecule has 7 heteroatoms. The first-order valence-corrected chi connectivity index (χ1v) is 5.67. The summed E-state index contributed by atoms with van der Waals surface area (Å²) in [6.07, 6.45) is 0. The third-order valence-electron chi connectivity index (χ3n) is 2.16. The molecule has 104 valence electrons. The molecule has 1 aromatic rings. The average molecular weight is 267 g/mol. The van der Waals surface area contributed by atoms with Crippen LogP contribution in [0.25, 0.3) is 0 Å².